The molecule has 0 saturated heterocycles. The van der Waals surface area contributed by atoms with Gasteiger partial charge in [-0.3, -0.25) is 19.2 Å². The van der Waals surface area contributed by atoms with Crippen LogP contribution in [0, 0.1) is 0 Å². The molecular formula is C13H16Cl2N6O6S. The fourth-order valence-corrected chi connectivity index (χ4v) is 2.99. The highest BCUT2D eigenvalue weighted by Gasteiger charge is 2.23. The van der Waals surface area contributed by atoms with Crippen molar-refractivity contribution in [3.05, 3.63) is 10.6 Å². The van der Waals surface area contributed by atoms with Crippen molar-refractivity contribution in [1.29, 1.82) is 0 Å². The van der Waals surface area contributed by atoms with E-state index in [9.17, 15) is 19.2 Å². The lowest BCUT2D eigenvalue weighted by atomic mass is 10.1. The van der Waals surface area contributed by atoms with E-state index in [4.69, 9.17) is 39.1 Å². The highest BCUT2D eigenvalue weighted by molar-refractivity contribution is 7.99. The van der Waals surface area contributed by atoms with Crippen LogP contribution in [0.25, 0.3) is 0 Å². The SMILES string of the molecule is N[C@@H](CCC(=O)N[C@@H](CSc1nc(Cl)nc(Cl)n1)C(=O)NCC(=O)O)C(=O)O. The van der Waals surface area contributed by atoms with Crippen LogP contribution < -0.4 is 16.4 Å². The van der Waals surface area contributed by atoms with E-state index in [1.807, 2.05) is 0 Å². The van der Waals surface area contributed by atoms with Crippen LogP contribution in [0.1, 0.15) is 12.8 Å². The Morgan fingerprint density at radius 3 is 2.25 bits per heavy atom. The number of carbonyl (C=O) groups excluding carboxylic acids is 2. The minimum Gasteiger partial charge on any atom is -0.480 e. The molecule has 1 aromatic heterocycles. The molecule has 1 rings (SSSR count). The van der Waals surface area contributed by atoms with Gasteiger partial charge in [0.05, 0.1) is 0 Å². The topological polar surface area (TPSA) is 197 Å². The van der Waals surface area contributed by atoms with Gasteiger partial charge in [-0.25, -0.2) is 0 Å². The second kappa shape index (κ2) is 11.6. The molecule has 28 heavy (non-hydrogen) atoms. The van der Waals surface area contributed by atoms with Crippen molar-refractivity contribution in [3.63, 3.8) is 0 Å². The third-order valence-electron chi connectivity index (χ3n) is 3.00. The lowest BCUT2D eigenvalue weighted by molar-refractivity contribution is -0.139. The predicted molar refractivity (Wildman–Crippen MR) is 98.0 cm³/mol. The number of aromatic nitrogens is 3. The molecule has 1 aromatic rings. The van der Waals surface area contributed by atoms with E-state index in [0.717, 1.165) is 11.8 Å². The number of hydrogen-bond acceptors (Lipinski definition) is 9. The number of nitrogens with one attached hydrogen (secondary N) is 2. The van der Waals surface area contributed by atoms with Crippen LogP contribution in [0.3, 0.4) is 0 Å². The maximum atomic E-state index is 12.2. The van der Waals surface area contributed by atoms with E-state index < -0.39 is 42.4 Å². The number of aliphatic carboxylic acids is 2. The number of nitrogens with zero attached hydrogens (tertiary/aromatic N) is 3. The molecule has 0 aliphatic carbocycles. The molecular weight excluding hydrogens is 439 g/mol. The number of carboxylic acids is 2. The number of carbonyl (C=O) groups is 4. The second-order valence-electron chi connectivity index (χ2n) is 5.18. The summed E-state index contributed by atoms with van der Waals surface area (Å²) in [6.45, 7) is -0.650. The first-order chi connectivity index (χ1) is 13.1. The Hall–Kier alpha value is -2.22. The molecule has 0 saturated carbocycles. The molecule has 2 atom stereocenters. The van der Waals surface area contributed by atoms with Crippen LogP contribution in [-0.2, 0) is 19.2 Å². The zero-order chi connectivity index (χ0) is 21.3. The normalized spacial score (nSPS) is 12.7. The Kier molecular flexibility index (Phi) is 9.85. The van der Waals surface area contributed by atoms with E-state index in [1.165, 1.54) is 0 Å². The maximum Gasteiger partial charge on any atom is 0.322 e. The van der Waals surface area contributed by atoms with E-state index >= 15 is 0 Å². The second-order valence-corrected chi connectivity index (χ2v) is 6.85. The van der Waals surface area contributed by atoms with Crippen molar-refractivity contribution in [3.8, 4) is 0 Å². The van der Waals surface area contributed by atoms with Gasteiger partial charge in [-0.15, -0.1) is 0 Å². The van der Waals surface area contributed by atoms with Gasteiger partial charge < -0.3 is 26.6 Å². The lowest BCUT2D eigenvalue weighted by Crippen LogP contribution is -2.49. The quantitative estimate of drug-likeness (QED) is 0.261. The summed E-state index contributed by atoms with van der Waals surface area (Å²) < 4.78 is 0. The monoisotopic (exact) mass is 454 g/mol. The van der Waals surface area contributed by atoms with Crippen molar-refractivity contribution >= 4 is 58.7 Å². The number of thioether (sulfide) groups is 1. The molecule has 0 radical (unpaired) electrons. The molecule has 0 fully saturated rings. The Bertz CT molecular complexity index is 734. The van der Waals surface area contributed by atoms with Crippen molar-refractivity contribution < 1.29 is 29.4 Å². The summed E-state index contributed by atoms with van der Waals surface area (Å²) in [7, 11) is 0. The fourth-order valence-electron chi connectivity index (χ4n) is 1.68. The van der Waals surface area contributed by atoms with Crippen LogP contribution in [0.15, 0.2) is 5.16 Å². The van der Waals surface area contributed by atoms with Crippen molar-refractivity contribution in [1.82, 2.24) is 25.6 Å². The highest BCUT2D eigenvalue weighted by atomic mass is 35.5. The lowest BCUT2D eigenvalue weighted by Gasteiger charge is -2.17. The van der Waals surface area contributed by atoms with Crippen molar-refractivity contribution in [2.45, 2.75) is 30.1 Å². The first-order valence-corrected chi connectivity index (χ1v) is 9.29. The number of hydrogen-bond donors (Lipinski definition) is 5. The molecule has 1 heterocycles. The molecule has 15 heteroatoms. The zero-order valence-electron chi connectivity index (χ0n) is 14.1. The maximum absolute atomic E-state index is 12.2. The van der Waals surface area contributed by atoms with Gasteiger partial charge in [-0.2, -0.15) is 15.0 Å². The standard InChI is InChI=1S/C13H16Cl2N6O6S/c14-11-19-12(15)21-13(20-11)28-4-6(9(25)17-3-8(23)24)18-7(22)2-1-5(16)10(26)27/h5-6H,1-4,16H2,(H,17,25)(H,18,22)(H,23,24)(H,26,27)/t5-,6-/m0/s1. The molecule has 154 valence electrons. The first-order valence-electron chi connectivity index (χ1n) is 7.55. The summed E-state index contributed by atoms with van der Waals surface area (Å²) >= 11 is 12.2. The van der Waals surface area contributed by atoms with E-state index in [2.05, 4.69) is 25.6 Å². The molecule has 0 bridgehead atoms. The van der Waals surface area contributed by atoms with Crippen LogP contribution in [0.4, 0.5) is 0 Å². The van der Waals surface area contributed by atoms with Gasteiger partial charge in [0.2, 0.25) is 22.4 Å². The van der Waals surface area contributed by atoms with Crippen molar-refractivity contribution in [2.24, 2.45) is 5.73 Å². The molecule has 2 amide bonds. The fraction of sp³-hybridized carbons (Fsp3) is 0.462. The molecule has 6 N–H and O–H groups in total. The number of nitrogens with two attached hydrogens (primary N) is 1. The zero-order valence-corrected chi connectivity index (χ0v) is 16.4. The molecule has 0 unspecified atom stereocenters. The van der Waals surface area contributed by atoms with Gasteiger partial charge >= 0.3 is 11.9 Å². The third-order valence-corrected chi connectivity index (χ3v) is 4.28. The summed E-state index contributed by atoms with van der Waals surface area (Å²) in [4.78, 5) is 56.6. The molecule has 0 aliphatic heterocycles. The summed E-state index contributed by atoms with van der Waals surface area (Å²) in [5.41, 5.74) is 5.32. The Morgan fingerprint density at radius 1 is 1.11 bits per heavy atom. The van der Waals surface area contributed by atoms with E-state index in [0.29, 0.717) is 0 Å². The summed E-state index contributed by atoms with van der Waals surface area (Å²) in [6, 6.07) is -2.39. The molecule has 12 nitrogen and oxygen atoms in total. The number of carboxylic acid groups (broad SMARTS) is 2. The van der Waals surface area contributed by atoms with Crippen LogP contribution >= 0.6 is 35.0 Å². The average Bonchev–Trinajstić information content (AvgIpc) is 2.60. The minimum absolute atomic E-state index is 0.0845. The van der Waals surface area contributed by atoms with Gasteiger partial charge in [0.1, 0.15) is 18.6 Å². The van der Waals surface area contributed by atoms with Gasteiger partial charge in [0.15, 0.2) is 5.16 Å². The largest absolute Gasteiger partial charge is 0.480 e. The van der Waals surface area contributed by atoms with Gasteiger partial charge in [-0.1, -0.05) is 11.8 Å². The third kappa shape index (κ3) is 9.12. The smallest absolute Gasteiger partial charge is 0.322 e. The predicted octanol–water partition coefficient (Wildman–Crippen LogP) is -0.852. The Labute approximate surface area is 172 Å². The van der Waals surface area contributed by atoms with E-state index in [1.54, 1.807) is 0 Å². The van der Waals surface area contributed by atoms with Gasteiger partial charge in [-0.05, 0) is 29.6 Å². The molecule has 0 aromatic carbocycles. The average molecular weight is 455 g/mol. The van der Waals surface area contributed by atoms with E-state index in [-0.39, 0.29) is 34.3 Å². The summed E-state index contributed by atoms with van der Waals surface area (Å²) in [6.07, 6.45) is -0.388. The van der Waals surface area contributed by atoms with Crippen LogP contribution in [0.5, 0.6) is 0 Å². The molecule has 0 spiro atoms. The summed E-state index contributed by atoms with van der Waals surface area (Å²) in [5, 5.41) is 21.7. The van der Waals surface area contributed by atoms with Crippen molar-refractivity contribution in [2.75, 3.05) is 12.3 Å². The summed E-state index contributed by atoms with van der Waals surface area (Å²) in [5.74, 6) is -4.02. The highest BCUT2D eigenvalue weighted by Crippen LogP contribution is 2.17. The van der Waals surface area contributed by atoms with Crippen LogP contribution in [0.2, 0.25) is 10.6 Å². The minimum atomic E-state index is -1.27. The Balaban J connectivity index is 2.74. The number of rotatable bonds is 11. The number of halogens is 2. The molecule has 0 aliphatic rings. The first kappa shape index (κ1) is 23.8. The van der Waals surface area contributed by atoms with Crippen LogP contribution in [-0.4, -0.2) is 73.3 Å². The van der Waals surface area contributed by atoms with Gasteiger partial charge in [0.25, 0.3) is 0 Å². The van der Waals surface area contributed by atoms with Gasteiger partial charge in [0, 0.05) is 12.2 Å². The Morgan fingerprint density at radius 2 is 1.71 bits per heavy atom. The number of amides is 2.